The van der Waals surface area contributed by atoms with Gasteiger partial charge in [0.1, 0.15) is 0 Å². The van der Waals surface area contributed by atoms with Crippen molar-refractivity contribution in [3.8, 4) is 6.01 Å². The first-order valence-corrected chi connectivity index (χ1v) is 6.61. The number of rotatable bonds is 5. The van der Waals surface area contributed by atoms with Gasteiger partial charge in [-0.05, 0) is 26.2 Å². The molecular weight excluding hydrogens is 230 g/mol. The standard InChI is InChI=1S/C12H21N5O/c1-4-9-7-6-8-17(9)11-14-10(13-3)15-12(16-11)18-5-2/h9H,4-8H2,1-3H3,(H,13,14,15,16). The second kappa shape index (κ2) is 5.84. The molecule has 0 spiro atoms. The number of nitrogens with zero attached hydrogens (tertiary/aromatic N) is 4. The largest absolute Gasteiger partial charge is 0.464 e. The first-order chi connectivity index (χ1) is 8.78. The Balaban J connectivity index is 2.27. The van der Waals surface area contributed by atoms with Crippen LogP contribution in [0.25, 0.3) is 0 Å². The first kappa shape index (κ1) is 12.9. The molecule has 18 heavy (non-hydrogen) atoms. The maximum absolute atomic E-state index is 5.39. The van der Waals surface area contributed by atoms with Crippen LogP contribution in [0.2, 0.25) is 0 Å². The molecule has 6 heteroatoms. The zero-order chi connectivity index (χ0) is 13.0. The lowest BCUT2D eigenvalue weighted by molar-refractivity contribution is 0.312. The lowest BCUT2D eigenvalue weighted by Gasteiger charge is -2.23. The summed E-state index contributed by atoms with van der Waals surface area (Å²) in [5.74, 6) is 1.28. The van der Waals surface area contributed by atoms with E-state index in [0.717, 1.165) is 18.9 Å². The quantitative estimate of drug-likeness (QED) is 0.859. The molecule has 0 radical (unpaired) electrons. The van der Waals surface area contributed by atoms with Crippen LogP contribution >= 0.6 is 0 Å². The summed E-state index contributed by atoms with van der Waals surface area (Å²) in [6.07, 6.45) is 3.52. The van der Waals surface area contributed by atoms with E-state index in [9.17, 15) is 0 Å². The van der Waals surface area contributed by atoms with Gasteiger partial charge in [-0.2, -0.15) is 15.0 Å². The zero-order valence-corrected chi connectivity index (χ0v) is 11.3. The van der Waals surface area contributed by atoms with Crippen molar-refractivity contribution in [2.24, 2.45) is 0 Å². The summed E-state index contributed by atoms with van der Waals surface area (Å²) in [6, 6.07) is 0.931. The van der Waals surface area contributed by atoms with E-state index in [2.05, 4.69) is 32.1 Å². The third-order valence-electron chi connectivity index (χ3n) is 3.21. The molecule has 1 aromatic heterocycles. The Kier molecular flexibility index (Phi) is 4.17. The number of aromatic nitrogens is 3. The second-order valence-electron chi connectivity index (χ2n) is 4.32. The smallest absolute Gasteiger partial charge is 0.323 e. The van der Waals surface area contributed by atoms with Gasteiger partial charge in [0.2, 0.25) is 11.9 Å². The van der Waals surface area contributed by atoms with Crippen molar-refractivity contribution in [3.05, 3.63) is 0 Å². The van der Waals surface area contributed by atoms with E-state index in [4.69, 9.17) is 4.74 Å². The molecule has 0 bridgehead atoms. The van der Waals surface area contributed by atoms with Crippen LogP contribution in [0.5, 0.6) is 6.01 Å². The van der Waals surface area contributed by atoms with E-state index in [0.29, 0.717) is 24.6 Å². The molecule has 2 heterocycles. The summed E-state index contributed by atoms with van der Waals surface area (Å²) in [6.45, 7) is 5.70. The van der Waals surface area contributed by atoms with Crippen LogP contribution in [-0.4, -0.2) is 41.2 Å². The van der Waals surface area contributed by atoms with Crippen molar-refractivity contribution in [1.29, 1.82) is 0 Å². The minimum Gasteiger partial charge on any atom is -0.464 e. The van der Waals surface area contributed by atoms with Crippen molar-refractivity contribution >= 4 is 11.9 Å². The van der Waals surface area contributed by atoms with Gasteiger partial charge >= 0.3 is 6.01 Å². The van der Waals surface area contributed by atoms with Gasteiger partial charge in [0, 0.05) is 19.6 Å². The monoisotopic (exact) mass is 251 g/mol. The molecule has 1 N–H and O–H groups in total. The molecule has 1 aliphatic heterocycles. The van der Waals surface area contributed by atoms with Crippen LogP contribution in [0.1, 0.15) is 33.1 Å². The maximum atomic E-state index is 5.39. The molecule has 1 saturated heterocycles. The molecule has 0 saturated carbocycles. The Hall–Kier alpha value is -1.59. The molecule has 0 aliphatic carbocycles. The van der Waals surface area contributed by atoms with Crippen molar-refractivity contribution < 1.29 is 4.74 Å². The molecule has 1 atom stereocenters. The van der Waals surface area contributed by atoms with Crippen LogP contribution in [0.3, 0.4) is 0 Å². The molecule has 100 valence electrons. The van der Waals surface area contributed by atoms with Crippen LogP contribution in [-0.2, 0) is 0 Å². The van der Waals surface area contributed by atoms with Crippen molar-refractivity contribution in [2.45, 2.75) is 39.2 Å². The SMILES string of the molecule is CCOc1nc(NC)nc(N2CCCC2CC)n1. The van der Waals surface area contributed by atoms with Gasteiger partial charge < -0.3 is 15.0 Å². The predicted molar refractivity (Wildman–Crippen MR) is 71.2 cm³/mol. The zero-order valence-electron chi connectivity index (χ0n) is 11.3. The Labute approximate surface area is 108 Å². The molecule has 0 aromatic carbocycles. The van der Waals surface area contributed by atoms with Gasteiger partial charge in [0.05, 0.1) is 6.61 Å². The highest BCUT2D eigenvalue weighted by Gasteiger charge is 2.26. The lowest BCUT2D eigenvalue weighted by atomic mass is 10.2. The fourth-order valence-electron chi connectivity index (χ4n) is 2.30. The number of ether oxygens (including phenoxy) is 1. The Bertz CT molecular complexity index is 398. The van der Waals surface area contributed by atoms with Gasteiger partial charge in [-0.25, -0.2) is 0 Å². The number of hydrogen-bond donors (Lipinski definition) is 1. The molecule has 1 aromatic rings. The summed E-state index contributed by atoms with van der Waals surface area (Å²) >= 11 is 0. The van der Waals surface area contributed by atoms with E-state index < -0.39 is 0 Å². The maximum Gasteiger partial charge on any atom is 0.323 e. The van der Waals surface area contributed by atoms with E-state index in [1.807, 2.05) is 6.92 Å². The third kappa shape index (κ3) is 2.63. The van der Waals surface area contributed by atoms with Crippen LogP contribution in [0, 0.1) is 0 Å². The van der Waals surface area contributed by atoms with Gasteiger partial charge in [-0.1, -0.05) is 6.92 Å². The fraction of sp³-hybridized carbons (Fsp3) is 0.750. The molecular formula is C12H21N5O. The molecule has 1 unspecified atom stereocenters. The summed E-state index contributed by atoms with van der Waals surface area (Å²) in [7, 11) is 1.80. The molecule has 2 rings (SSSR count). The van der Waals surface area contributed by atoms with Crippen molar-refractivity contribution in [2.75, 3.05) is 30.4 Å². The van der Waals surface area contributed by atoms with E-state index >= 15 is 0 Å². The lowest BCUT2D eigenvalue weighted by Crippen LogP contribution is -2.30. The van der Waals surface area contributed by atoms with Gasteiger partial charge in [0.15, 0.2) is 0 Å². The Morgan fingerprint density at radius 1 is 1.33 bits per heavy atom. The van der Waals surface area contributed by atoms with Crippen LogP contribution in [0.15, 0.2) is 0 Å². The molecule has 1 fully saturated rings. The minimum atomic E-state index is 0.397. The van der Waals surface area contributed by atoms with E-state index in [1.165, 1.54) is 12.8 Å². The topological polar surface area (TPSA) is 63.2 Å². The number of anilines is 2. The molecule has 6 nitrogen and oxygen atoms in total. The predicted octanol–water partition coefficient (Wildman–Crippen LogP) is 1.69. The van der Waals surface area contributed by atoms with Crippen LogP contribution in [0.4, 0.5) is 11.9 Å². The summed E-state index contributed by atoms with van der Waals surface area (Å²) < 4.78 is 5.39. The minimum absolute atomic E-state index is 0.397. The average Bonchev–Trinajstić information content (AvgIpc) is 2.87. The summed E-state index contributed by atoms with van der Waals surface area (Å²) in [5.41, 5.74) is 0. The van der Waals surface area contributed by atoms with Gasteiger partial charge in [0.25, 0.3) is 0 Å². The first-order valence-electron chi connectivity index (χ1n) is 6.61. The third-order valence-corrected chi connectivity index (χ3v) is 3.21. The Morgan fingerprint density at radius 2 is 2.17 bits per heavy atom. The van der Waals surface area contributed by atoms with Gasteiger partial charge in [-0.3, -0.25) is 0 Å². The summed E-state index contributed by atoms with van der Waals surface area (Å²) in [5, 5.41) is 2.95. The number of nitrogens with one attached hydrogen (secondary N) is 1. The van der Waals surface area contributed by atoms with E-state index in [1.54, 1.807) is 7.05 Å². The van der Waals surface area contributed by atoms with Crippen molar-refractivity contribution in [3.63, 3.8) is 0 Å². The molecule has 1 aliphatic rings. The summed E-state index contributed by atoms with van der Waals surface area (Å²) in [4.78, 5) is 15.3. The highest BCUT2D eigenvalue weighted by Crippen LogP contribution is 2.25. The molecule has 0 amide bonds. The Morgan fingerprint density at radius 3 is 2.83 bits per heavy atom. The second-order valence-corrected chi connectivity index (χ2v) is 4.32. The van der Waals surface area contributed by atoms with Crippen molar-refractivity contribution in [1.82, 2.24) is 15.0 Å². The highest BCUT2D eigenvalue weighted by molar-refractivity contribution is 5.40. The van der Waals surface area contributed by atoms with E-state index in [-0.39, 0.29) is 0 Å². The fourth-order valence-corrected chi connectivity index (χ4v) is 2.30. The normalized spacial score (nSPS) is 19.1. The average molecular weight is 251 g/mol. The highest BCUT2D eigenvalue weighted by atomic mass is 16.5. The number of hydrogen-bond acceptors (Lipinski definition) is 6. The van der Waals surface area contributed by atoms with Gasteiger partial charge in [-0.15, -0.1) is 0 Å². The van der Waals surface area contributed by atoms with Crippen LogP contribution < -0.4 is 15.0 Å².